The van der Waals surface area contributed by atoms with Crippen molar-refractivity contribution in [2.75, 3.05) is 19.8 Å². The zero-order valence-electron chi connectivity index (χ0n) is 11.0. The molecule has 5 heteroatoms. The number of para-hydroxylation sites is 1. The summed E-state index contributed by atoms with van der Waals surface area (Å²) in [6, 6.07) is 5.55. The van der Waals surface area contributed by atoms with E-state index in [9.17, 15) is 4.79 Å². The van der Waals surface area contributed by atoms with Gasteiger partial charge in [0.15, 0.2) is 11.5 Å². The summed E-state index contributed by atoms with van der Waals surface area (Å²) in [6.07, 6.45) is 0.847. The third-order valence-corrected chi connectivity index (χ3v) is 3.87. The second kappa shape index (κ2) is 4.74. The quantitative estimate of drug-likeness (QED) is 0.820. The first-order valence-corrected chi connectivity index (χ1v) is 6.63. The molecule has 1 fully saturated rings. The van der Waals surface area contributed by atoms with Gasteiger partial charge in [0.1, 0.15) is 13.2 Å². The van der Waals surface area contributed by atoms with Gasteiger partial charge in [0.2, 0.25) is 0 Å². The van der Waals surface area contributed by atoms with Crippen LogP contribution in [0, 0.1) is 0 Å². The van der Waals surface area contributed by atoms with Crippen molar-refractivity contribution in [3.63, 3.8) is 0 Å². The summed E-state index contributed by atoms with van der Waals surface area (Å²) < 4.78 is 11.1. The molecule has 102 valence electrons. The van der Waals surface area contributed by atoms with Gasteiger partial charge in [0.25, 0.3) is 5.91 Å². The summed E-state index contributed by atoms with van der Waals surface area (Å²) in [5.74, 6) is 1.18. The average Bonchev–Trinajstić information content (AvgIpc) is 2.78. The Labute approximate surface area is 112 Å². The number of carbonyl (C=O) groups excluding carboxylic acids is 1. The van der Waals surface area contributed by atoms with Crippen LogP contribution in [0.1, 0.15) is 23.7 Å². The zero-order chi connectivity index (χ0) is 13.4. The first kappa shape index (κ1) is 12.3. The minimum Gasteiger partial charge on any atom is -0.486 e. The number of hydrogen-bond acceptors (Lipinski definition) is 4. The van der Waals surface area contributed by atoms with E-state index in [1.54, 1.807) is 6.07 Å². The highest BCUT2D eigenvalue weighted by Gasteiger charge is 2.34. The topological polar surface area (TPSA) is 64.8 Å². The van der Waals surface area contributed by atoms with Crippen LogP contribution in [-0.2, 0) is 0 Å². The van der Waals surface area contributed by atoms with E-state index in [-0.39, 0.29) is 18.0 Å². The van der Waals surface area contributed by atoms with E-state index in [1.807, 2.05) is 24.0 Å². The van der Waals surface area contributed by atoms with Gasteiger partial charge in [0, 0.05) is 18.6 Å². The predicted molar refractivity (Wildman–Crippen MR) is 70.5 cm³/mol. The molecule has 19 heavy (non-hydrogen) atoms. The fraction of sp³-hybridized carbons (Fsp3) is 0.500. The molecule has 2 aliphatic rings. The average molecular weight is 262 g/mol. The maximum atomic E-state index is 12.6. The first-order valence-electron chi connectivity index (χ1n) is 6.63. The van der Waals surface area contributed by atoms with E-state index in [0.717, 1.165) is 6.42 Å². The van der Waals surface area contributed by atoms with Gasteiger partial charge in [-0.1, -0.05) is 6.07 Å². The minimum atomic E-state index is -0.0252. The summed E-state index contributed by atoms with van der Waals surface area (Å²) in [7, 11) is 0. The van der Waals surface area contributed by atoms with Crippen molar-refractivity contribution in [1.29, 1.82) is 0 Å². The molecule has 1 aromatic carbocycles. The Morgan fingerprint density at radius 3 is 2.89 bits per heavy atom. The van der Waals surface area contributed by atoms with E-state index in [2.05, 4.69) is 0 Å². The highest BCUT2D eigenvalue weighted by Crippen LogP contribution is 2.35. The van der Waals surface area contributed by atoms with Gasteiger partial charge in [-0.3, -0.25) is 4.79 Å². The molecular formula is C14H18N2O3. The Bertz CT molecular complexity index is 503. The predicted octanol–water partition coefficient (Wildman–Crippen LogP) is 1.02. The van der Waals surface area contributed by atoms with Crippen LogP contribution in [0.4, 0.5) is 0 Å². The van der Waals surface area contributed by atoms with Crippen LogP contribution >= 0.6 is 0 Å². The van der Waals surface area contributed by atoms with Gasteiger partial charge in [0.05, 0.1) is 5.56 Å². The van der Waals surface area contributed by atoms with Crippen LogP contribution in [0.15, 0.2) is 18.2 Å². The monoisotopic (exact) mass is 262 g/mol. The van der Waals surface area contributed by atoms with E-state index in [4.69, 9.17) is 15.2 Å². The fourth-order valence-electron chi connectivity index (χ4n) is 2.65. The summed E-state index contributed by atoms with van der Waals surface area (Å²) in [5.41, 5.74) is 6.54. The molecule has 1 amide bonds. The number of fused-ring (bicyclic) bond motifs is 1. The molecule has 2 aliphatic heterocycles. The standard InChI is InChI=1S/C14H18N2O3/c1-9-11(15)5-6-16(9)14(17)10-3-2-4-12-13(10)19-8-7-18-12/h2-4,9,11H,5-8,15H2,1H3. The lowest BCUT2D eigenvalue weighted by Gasteiger charge is -2.26. The molecule has 1 saturated heterocycles. The maximum absolute atomic E-state index is 12.6. The number of benzene rings is 1. The molecule has 2 unspecified atom stereocenters. The lowest BCUT2D eigenvalue weighted by molar-refractivity contribution is 0.0732. The van der Waals surface area contributed by atoms with E-state index >= 15 is 0 Å². The molecule has 3 rings (SSSR count). The van der Waals surface area contributed by atoms with Gasteiger partial charge in [-0.05, 0) is 25.5 Å². The number of ether oxygens (including phenoxy) is 2. The molecule has 2 heterocycles. The third kappa shape index (κ3) is 2.04. The van der Waals surface area contributed by atoms with Gasteiger partial charge >= 0.3 is 0 Å². The molecule has 0 saturated carbocycles. The number of rotatable bonds is 1. The van der Waals surface area contributed by atoms with Crippen molar-refractivity contribution in [1.82, 2.24) is 4.90 Å². The van der Waals surface area contributed by atoms with Crippen molar-refractivity contribution >= 4 is 5.91 Å². The maximum Gasteiger partial charge on any atom is 0.258 e. The summed E-state index contributed by atoms with van der Waals surface area (Å²) in [4.78, 5) is 14.4. The lowest BCUT2D eigenvalue weighted by Crippen LogP contribution is -2.40. The molecule has 0 radical (unpaired) electrons. The molecule has 0 aromatic heterocycles. The van der Waals surface area contributed by atoms with E-state index in [0.29, 0.717) is 36.8 Å². The molecule has 2 atom stereocenters. The van der Waals surface area contributed by atoms with Crippen molar-refractivity contribution in [3.05, 3.63) is 23.8 Å². The van der Waals surface area contributed by atoms with Gasteiger partial charge < -0.3 is 20.1 Å². The second-order valence-electron chi connectivity index (χ2n) is 5.02. The number of nitrogens with zero attached hydrogens (tertiary/aromatic N) is 1. The molecule has 2 N–H and O–H groups in total. The van der Waals surface area contributed by atoms with Crippen LogP contribution in [0.3, 0.4) is 0 Å². The summed E-state index contributed by atoms with van der Waals surface area (Å²) in [6.45, 7) is 3.69. The van der Waals surface area contributed by atoms with Gasteiger partial charge in [-0.15, -0.1) is 0 Å². The summed E-state index contributed by atoms with van der Waals surface area (Å²) in [5, 5.41) is 0. The van der Waals surface area contributed by atoms with Gasteiger partial charge in [-0.2, -0.15) is 0 Å². The number of hydrogen-bond donors (Lipinski definition) is 1. The highest BCUT2D eigenvalue weighted by atomic mass is 16.6. The van der Waals surface area contributed by atoms with Crippen LogP contribution in [0.25, 0.3) is 0 Å². The Morgan fingerprint density at radius 1 is 1.37 bits per heavy atom. The van der Waals surface area contributed by atoms with Gasteiger partial charge in [-0.25, -0.2) is 0 Å². The third-order valence-electron chi connectivity index (χ3n) is 3.87. The van der Waals surface area contributed by atoms with Crippen molar-refractivity contribution in [2.45, 2.75) is 25.4 Å². The number of likely N-dealkylation sites (tertiary alicyclic amines) is 1. The molecule has 5 nitrogen and oxygen atoms in total. The normalized spacial score (nSPS) is 25.5. The molecule has 1 aromatic rings. The SMILES string of the molecule is CC1C(N)CCN1C(=O)c1cccc2c1OCCO2. The Morgan fingerprint density at radius 2 is 2.16 bits per heavy atom. The molecule has 0 spiro atoms. The van der Waals surface area contributed by atoms with Crippen LogP contribution in [0.2, 0.25) is 0 Å². The number of amides is 1. The smallest absolute Gasteiger partial charge is 0.258 e. The first-order chi connectivity index (χ1) is 9.18. The minimum absolute atomic E-state index is 0.0252. The van der Waals surface area contributed by atoms with Crippen LogP contribution in [-0.4, -0.2) is 42.6 Å². The van der Waals surface area contributed by atoms with Crippen molar-refractivity contribution in [2.24, 2.45) is 5.73 Å². The Kier molecular flexibility index (Phi) is 3.06. The largest absolute Gasteiger partial charge is 0.486 e. The Hall–Kier alpha value is -1.75. The van der Waals surface area contributed by atoms with Crippen molar-refractivity contribution < 1.29 is 14.3 Å². The highest BCUT2D eigenvalue weighted by molar-refractivity contribution is 5.98. The van der Waals surface area contributed by atoms with Crippen LogP contribution in [0.5, 0.6) is 11.5 Å². The fourth-order valence-corrected chi connectivity index (χ4v) is 2.65. The van der Waals surface area contributed by atoms with E-state index < -0.39 is 0 Å². The zero-order valence-corrected chi connectivity index (χ0v) is 11.0. The van der Waals surface area contributed by atoms with E-state index in [1.165, 1.54) is 0 Å². The Balaban J connectivity index is 1.92. The molecular weight excluding hydrogens is 244 g/mol. The van der Waals surface area contributed by atoms with Crippen molar-refractivity contribution in [3.8, 4) is 11.5 Å². The molecule has 0 aliphatic carbocycles. The molecule has 0 bridgehead atoms. The second-order valence-corrected chi connectivity index (χ2v) is 5.02. The summed E-state index contributed by atoms with van der Waals surface area (Å²) >= 11 is 0. The number of carbonyl (C=O) groups is 1. The number of nitrogens with two attached hydrogens (primary N) is 1. The lowest BCUT2D eigenvalue weighted by atomic mass is 10.1. The van der Waals surface area contributed by atoms with Crippen LogP contribution < -0.4 is 15.2 Å².